The highest BCUT2D eigenvalue weighted by molar-refractivity contribution is 6.05. The monoisotopic (exact) mass is 480 g/mol. The van der Waals surface area contributed by atoms with Crippen LogP contribution in [0.3, 0.4) is 0 Å². The molecule has 1 aliphatic heterocycles. The molecule has 1 atom stereocenters. The lowest BCUT2D eigenvalue weighted by molar-refractivity contribution is -0.116. The number of nitrogens with one attached hydrogen (secondary N) is 3. The molecule has 0 bridgehead atoms. The zero-order chi connectivity index (χ0) is 25.1. The van der Waals surface area contributed by atoms with Gasteiger partial charge in [-0.3, -0.25) is 14.4 Å². The summed E-state index contributed by atoms with van der Waals surface area (Å²) < 4.78 is 40.1. The highest BCUT2D eigenvalue weighted by Gasteiger charge is 2.28. The van der Waals surface area contributed by atoms with Crippen LogP contribution < -0.4 is 21.7 Å². The number of anilines is 2. The van der Waals surface area contributed by atoms with Crippen molar-refractivity contribution in [2.45, 2.75) is 12.6 Å². The van der Waals surface area contributed by atoms with Gasteiger partial charge in [0.15, 0.2) is 11.6 Å². The van der Waals surface area contributed by atoms with Gasteiger partial charge in [0.05, 0.1) is 17.4 Å². The van der Waals surface area contributed by atoms with E-state index >= 15 is 0 Å². The number of amides is 3. The van der Waals surface area contributed by atoms with E-state index in [1.54, 1.807) is 24.3 Å². The lowest BCUT2D eigenvalue weighted by atomic mass is 10.0. The Bertz CT molecular complexity index is 1360. The molecule has 3 aromatic carbocycles. The SMILES string of the molecule is Nc1cc(F)ccc1NC(=O)c1ccc(CNC(=O)/C=C\C2NC(=O)c3cc(F)c(F)cc32)cc1. The molecule has 4 rings (SSSR count). The number of fused-ring (bicyclic) bond motifs is 1. The molecule has 0 aromatic heterocycles. The van der Waals surface area contributed by atoms with Crippen LogP contribution in [-0.4, -0.2) is 17.7 Å². The molecule has 0 spiro atoms. The molecule has 0 aliphatic carbocycles. The minimum absolute atomic E-state index is 0.0187. The molecule has 3 aromatic rings. The maximum atomic E-state index is 13.5. The first-order valence-corrected chi connectivity index (χ1v) is 10.4. The van der Waals surface area contributed by atoms with Gasteiger partial charge in [-0.05, 0) is 53.6 Å². The molecule has 1 unspecified atom stereocenters. The van der Waals surface area contributed by atoms with Crippen molar-refractivity contribution in [2.24, 2.45) is 0 Å². The average Bonchev–Trinajstić information content (AvgIpc) is 3.13. The van der Waals surface area contributed by atoms with E-state index in [2.05, 4.69) is 16.0 Å². The summed E-state index contributed by atoms with van der Waals surface area (Å²) in [6.07, 6.45) is 2.57. The van der Waals surface area contributed by atoms with Crippen molar-refractivity contribution < 1.29 is 27.6 Å². The number of carbonyl (C=O) groups excluding carboxylic acids is 3. The third-order valence-electron chi connectivity index (χ3n) is 5.34. The van der Waals surface area contributed by atoms with E-state index in [4.69, 9.17) is 5.73 Å². The van der Waals surface area contributed by atoms with Crippen LogP contribution in [0.5, 0.6) is 0 Å². The molecular weight excluding hydrogens is 461 g/mol. The predicted octanol–water partition coefficient (Wildman–Crippen LogP) is 3.60. The summed E-state index contributed by atoms with van der Waals surface area (Å²) in [4.78, 5) is 36.5. The van der Waals surface area contributed by atoms with Crippen molar-refractivity contribution >= 4 is 29.1 Å². The second-order valence-electron chi connectivity index (χ2n) is 7.76. The molecule has 1 heterocycles. The number of nitrogens with two attached hydrogens (primary N) is 1. The van der Waals surface area contributed by atoms with Crippen LogP contribution in [0.1, 0.15) is 37.9 Å². The molecule has 1 aliphatic rings. The Labute approximate surface area is 197 Å². The van der Waals surface area contributed by atoms with Crippen LogP contribution in [0.2, 0.25) is 0 Å². The van der Waals surface area contributed by atoms with Gasteiger partial charge in [-0.1, -0.05) is 18.2 Å². The quantitative estimate of drug-likeness (QED) is 0.319. The second-order valence-corrected chi connectivity index (χ2v) is 7.76. The Morgan fingerprint density at radius 2 is 1.71 bits per heavy atom. The van der Waals surface area contributed by atoms with Gasteiger partial charge in [-0.2, -0.15) is 0 Å². The third-order valence-corrected chi connectivity index (χ3v) is 5.34. The number of nitrogen functional groups attached to an aromatic ring is 1. The fraction of sp³-hybridized carbons (Fsp3) is 0.0800. The average molecular weight is 480 g/mol. The molecule has 178 valence electrons. The van der Waals surface area contributed by atoms with E-state index in [9.17, 15) is 27.6 Å². The lowest BCUT2D eigenvalue weighted by Crippen LogP contribution is -2.22. The summed E-state index contributed by atoms with van der Waals surface area (Å²) in [6, 6.07) is 11.1. The molecule has 35 heavy (non-hydrogen) atoms. The Morgan fingerprint density at radius 3 is 2.43 bits per heavy atom. The molecule has 7 nitrogen and oxygen atoms in total. The molecule has 0 saturated heterocycles. The first-order valence-electron chi connectivity index (χ1n) is 10.4. The largest absolute Gasteiger partial charge is 0.397 e. The van der Waals surface area contributed by atoms with E-state index in [1.807, 2.05) is 0 Å². The van der Waals surface area contributed by atoms with E-state index in [1.165, 1.54) is 24.3 Å². The van der Waals surface area contributed by atoms with Gasteiger partial charge < -0.3 is 21.7 Å². The summed E-state index contributed by atoms with van der Waals surface area (Å²) >= 11 is 0. The van der Waals surface area contributed by atoms with Crippen molar-refractivity contribution in [3.05, 3.63) is 106 Å². The van der Waals surface area contributed by atoms with Gasteiger partial charge >= 0.3 is 0 Å². The fourth-order valence-electron chi connectivity index (χ4n) is 3.51. The molecule has 3 amide bonds. The smallest absolute Gasteiger partial charge is 0.255 e. The summed E-state index contributed by atoms with van der Waals surface area (Å²) in [6.45, 7) is 0.156. The molecule has 10 heteroatoms. The lowest BCUT2D eigenvalue weighted by Gasteiger charge is -2.09. The third kappa shape index (κ3) is 5.32. The number of rotatable bonds is 6. The normalized spacial score (nSPS) is 14.5. The van der Waals surface area contributed by atoms with Crippen LogP contribution >= 0.6 is 0 Å². The van der Waals surface area contributed by atoms with Crippen LogP contribution in [0.4, 0.5) is 24.5 Å². The Kier molecular flexibility index (Phi) is 6.54. The van der Waals surface area contributed by atoms with E-state index in [0.717, 1.165) is 18.2 Å². The van der Waals surface area contributed by atoms with Crippen molar-refractivity contribution in [3.8, 4) is 0 Å². The number of halogens is 3. The Hall–Kier alpha value is -4.60. The number of benzene rings is 3. The maximum Gasteiger partial charge on any atom is 0.255 e. The molecule has 5 N–H and O–H groups in total. The summed E-state index contributed by atoms with van der Waals surface area (Å²) in [5.74, 6) is -4.17. The van der Waals surface area contributed by atoms with E-state index in [0.29, 0.717) is 11.1 Å². The zero-order valence-electron chi connectivity index (χ0n) is 18.1. The topological polar surface area (TPSA) is 113 Å². The van der Waals surface area contributed by atoms with Crippen molar-refractivity contribution in [2.75, 3.05) is 11.1 Å². The van der Waals surface area contributed by atoms with Gasteiger partial charge in [0.1, 0.15) is 5.82 Å². The summed E-state index contributed by atoms with van der Waals surface area (Å²) in [5.41, 5.74) is 7.39. The van der Waals surface area contributed by atoms with Crippen LogP contribution in [-0.2, 0) is 11.3 Å². The predicted molar refractivity (Wildman–Crippen MR) is 123 cm³/mol. The standard InChI is InChI=1S/C25H19F3N4O3/c26-15-5-6-22(20(29)9-15)32-24(34)14-3-1-13(2-4-14)12-30-23(33)8-7-21-16-10-18(27)19(28)11-17(16)25(35)31-21/h1-11,21H,12,29H2,(H,30,33)(H,31,35)(H,32,34)/b8-7-. The highest BCUT2D eigenvalue weighted by Crippen LogP contribution is 2.28. The first-order chi connectivity index (χ1) is 16.7. The van der Waals surface area contributed by atoms with Gasteiger partial charge in [0, 0.05) is 23.7 Å². The first kappa shape index (κ1) is 23.6. The number of carbonyl (C=O) groups is 3. The minimum Gasteiger partial charge on any atom is -0.397 e. The van der Waals surface area contributed by atoms with Gasteiger partial charge in [0.2, 0.25) is 5.91 Å². The van der Waals surface area contributed by atoms with Gasteiger partial charge in [0.25, 0.3) is 11.8 Å². The van der Waals surface area contributed by atoms with Crippen molar-refractivity contribution in [1.82, 2.24) is 10.6 Å². The maximum absolute atomic E-state index is 13.5. The summed E-state index contributed by atoms with van der Waals surface area (Å²) in [5, 5.41) is 7.79. The van der Waals surface area contributed by atoms with Crippen LogP contribution in [0.25, 0.3) is 0 Å². The van der Waals surface area contributed by atoms with E-state index in [-0.39, 0.29) is 29.0 Å². The van der Waals surface area contributed by atoms with Gasteiger partial charge in [-0.15, -0.1) is 0 Å². The number of hydrogen-bond donors (Lipinski definition) is 4. The molecule has 0 radical (unpaired) electrons. The second kappa shape index (κ2) is 9.72. The van der Waals surface area contributed by atoms with Crippen molar-refractivity contribution in [3.63, 3.8) is 0 Å². The zero-order valence-corrected chi connectivity index (χ0v) is 18.1. The summed E-state index contributed by atoms with van der Waals surface area (Å²) in [7, 11) is 0. The Balaban J connectivity index is 1.32. The van der Waals surface area contributed by atoms with Gasteiger partial charge in [-0.25, -0.2) is 13.2 Å². The van der Waals surface area contributed by atoms with E-state index < -0.39 is 41.2 Å². The molecular formula is C25H19F3N4O3. The molecule has 0 saturated carbocycles. The van der Waals surface area contributed by atoms with Crippen LogP contribution in [0, 0.1) is 17.5 Å². The fourth-order valence-corrected chi connectivity index (χ4v) is 3.51. The highest BCUT2D eigenvalue weighted by atomic mass is 19.2. The van der Waals surface area contributed by atoms with Crippen molar-refractivity contribution in [1.29, 1.82) is 0 Å². The Morgan fingerprint density at radius 1 is 1.00 bits per heavy atom. The minimum atomic E-state index is -1.12. The number of hydrogen-bond acceptors (Lipinski definition) is 4. The van der Waals surface area contributed by atoms with Crippen LogP contribution in [0.15, 0.2) is 66.7 Å². The molecule has 0 fully saturated rings.